The summed E-state index contributed by atoms with van der Waals surface area (Å²) in [6.45, 7) is 2.24. The number of aryl methyl sites for hydroxylation is 1. The number of likely N-dealkylation sites (N-methyl/N-ethyl adjacent to an activating group) is 1. The van der Waals surface area contributed by atoms with Crippen LogP contribution in [0, 0.1) is 6.92 Å². The maximum absolute atomic E-state index is 14.0. The van der Waals surface area contributed by atoms with Gasteiger partial charge in [0.2, 0.25) is 5.78 Å². The van der Waals surface area contributed by atoms with Crippen LogP contribution in [0.5, 0.6) is 17.2 Å². The predicted molar refractivity (Wildman–Crippen MR) is 142 cm³/mol. The maximum Gasteiger partial charge on any atom is 0.264 e. The number of amides is 1. The summed E-state index contributed by atoms with van der Waals surface area (Å²) in [4.78, 5) is 32.4. The Morgan fingerprint density at radius 1 is 1.00 bits per heavy atom. The Hall–Kier alpha value is -4.69. The average molecular weight is 521 g/mol. The molecule has 194 valence electrons. The molecule has 4 aromatic rings. The van der Waals surface area contributed by atoms with Crippen molar-refractivity contribution in [1.29, 1.82) is 0 Å². The summed E-state index contributed by atoms with van der Waals surface area (Å²) >= 11 is 0. The van der Waals surface area contributed by atoms with Gasteiger partial charge in [0, 0.05) is 41.1 Å². The smallest absolute Gasteiger partial charge is 0.264 e. The number of pyridine rings is 1. The first-order valence-electron chi connectivity index (χ1n) is 12.6. The largest absolute Gasteiger partial charge is 0.488 e. The van der Waals surface area contributed by atoms with Crippen LogP contribution in [0.2, 0.25) is 0 Å². The molecule has 7 rings (SSSR count). The van der Waals surface area contributed by atoms with E-state index in [-0.39, 0.29) is 24.7 Å². The standard InChI is InChI=1S/C31H24N2O6/c1-17-7-9-24-21(11-17)28-19(15-37-24)12-20(14-32-28)31(36)22-5-3-4-6-25(22)39-30(31)29(35)18-8-10-26-23(13-18)33(2)27(34)16-38-26/h3-14,30,36H,15-16H2,1-2H3/t30-,31+/m0/s1. The summed E-state index contributed by atoms with van der Waals surface area (Å²) in [5.74, 6) is 1.04. The predicted octanol–water partition coefficient (Wildman–Crippen LogP) is 4.18. The molecule has 39 heavy (non-hydrogen) atoms. The molecule has 3 aromatic carbocycles. The second kappa shape index (κ2) is 8.41. The lowest BCUT2D eigenvalue weighted by Crippen LogP contribution is -2.45. The number of ether oxygens (including phenoxy) is 3. The van der Waals surface area contributed by atoms with Crippen molar-refractivity contribution in [3.8, 4) is 28.5 Å². The third-order valence-corrected chi connectivity index (χ3v) is 7.67. The number of aliphatic hydroxyl groups is 1. The fourth-order valence-electron chi connectivity index (χ4n) is 5.55. The molecule has 3 aliphatic heterocycles. The van der Waals surface area contributed by atoms with Gasteiger partial charge in [-0.2, -0.15) is 0 Å². The number of rotatable bonds is 3. The van der Waals surface area contributed by atoms with Crippen LogP contribution in [-0.4, -0.2) is 41.5 Å². The van der Waals surface area contributed by atoms with Gasteiger partial charge < -0.3 is 24.2 Å². The number of aromatic nitrogens is 1. The van der Waals surface area contributed by atoms with Gasteiger partial charge in [0.15, 0.2) is 18.3 Å². The Morgan fingerprint density at radius 3 is 2.67 bits per heavy atom. The molecule has 0 aliphatic carbocycles. The topological polar surface area (TPSA) is 98.2 Å². The Morgan fingerprint density at radius 2 is 1.79 bits per heavy atom. The zero-order valence-corrected chi connectivity index (χ0v) is 21.3. The zero-order chi connectivity index (χ0) is 26.9. The molecule has 0 radical (unpaired) electrons. The number of hydrogen-bond acceptors (Lipinski definition) is 7. The van der Waals surface area contributed by atoms with Crippen molar-refractivity contribution in [3.05, 3.63) is 101 Å². The SMILES string of the molecule is Cc1ccc2c(c1)-c1ncc([C@@]3(O)c4ccccc4O[C@H]3C(=O)c3ccc4c(c3)N(C)C(=O)CO4)cc1CO2. The zero-order valence-electron chi connectivity index (χ0n) is 21.3. The molecule has 8 heteroatoms. The van der Waals surface area contributed by atoms with Crippen molar-refractivity contribution in [2.24, 2.45) is 0 Å². The Kier molecular flexibility index (Phi) is 5.05. The van der Waals surface area contributed by atoms with E-state index in [9.17, 15) is 14.7 Å². The van der Waals surface area contributed by atoms with Gasteiger partial charge in [-0.1, -0.05) is 29.8 Å². The average Bonchev–Trinajstić information content (AvgIpc) is 3.27. The van der Waals surface area contributed by atoms with Gasteiger partial charge in [0.25, 0.3) is 5.91 Å². The molecule has 4 heterocycles. The maximum atomic E-state index is 14.0. The Balaban J connectivity index is 1.33. The highest BCUT2D eigenvalue weighted by atomic mass is 16.5. The molecule has 1 N–H and O–H groups in total. The summed E-state index contributed by atoms with van der Waals surface area (Å²) in [5.41, 5.74) is 3.43. The van der Waals surface area contributed by atoms with Crippen LogP contribution in [0.4, 0.5) is 5.69 Å². The van der Waals surface area contributed by atoms with Crippen molar-refractivity contribution in [2.75, 3.05) is 18.6 Å². The van der Waals surface area contributed by atoms with E-state index in [0.29, 0.717) is 28.3 Å². The van der Waals surface area contributed by atoms with E-state index in [4.69, 9.17) is 19.2 Å². The van der Waals surface area contributed by atoms with E-state index in [1.54, 1.807) is 55.7 Å². The van der Waals surface area contributed by atoms with Crippen molar-refractivity contribution in [2.45, 2.75) is 25.2 Å². The highest BCUT2D eigenvalue weighted by molar-refractivity contribution is 6.04. The molecule has 0 saturated carbocycles. The molecule has 3 aliphatic rings. The van der Waals surface area contributed by atoms with Crippen LogP contribution in [0.15, 0.2) is 72.9 Å². The molecule has 0 bridgehead atoms. The minimum atomic E-state index is -1.81. The van der Waals surface area contributed by atoms with Gasteiger partial charge in [-0.25, -0.2) is 0 Å². The number of hydrogen-bond donors (Lipinski definition) is 1. The monoisotopic (exact) mass is 520 g/mol. The first kappa shape index (κ1) is 23.4. The van der Waals surface area contributed by atoms with Gasteiger partial charge in [0.1, 0.15) is 23.9 Å². The number of Topliss-reactive ketones (excluding diaryl/α,β-unsaturated/α-hetero) is 1. The summed E-state index contributed by atoms with van der Waals surface area (Å²) in [7, 11) is 1.64. The van der Waals surface area contributed by atoms with Gasteiger partial charge >= 0.3 is 0 Å². The molecule has 2 atom stereocenters. The molecule has 1 aromatic heterocycles. The molecular formula is C31H24N2O6. The number of anilines is 1. The van der Waals surface area contributed by atoms with E-state index in [1.807, 2.05) is 31.2 Å². The third kappa shape index (κ3) is 3.45. The van der Waals surface area contributed by atoms with Crippen LogP contribution < -0.4 is 19.1 Å². The van der Waals surface area contributed by atoms with Crippen LogP contribution >= 0.6 is 0 Å². The molecule has 0 saturated heterocycles. The molecule has 0 fully saturated rings. The van der Waals surface area contributed by atoms with Crippen LogP contribution in [0.25, 0.3) is 11.3 Å². The summed E-state index contributed by atoms with van der Waals surface area (Å²) in [5, 5.41) is 12.4. The van der Waals surface area contributed by atoms with Gasteiger partial charge in [0.05, 0.1) is 11.4 Å². The van der Waals surface area contributed by atoms with Gasteiger partial charge in [-0.05, 0) is 49.4 Å². The summed E-state index contributed by atoms with van der Waals surface area (Å²) < 4.78 is 17.6. The number of nitrogens with zero attached hydrogens (tertiary/aromatic N) is 2. The first-order chi connectivity index (χ1) is 18.8. The number of carbonyl (C=O) groups is 2. The van der Waals surface area contributed by atoms with Gasteiger partial charge in [-0.3, -0.25) is 14.6 Å². The molecule has 1 amide bonds. The highest BCUT2D eigenvalue weighted by Crippen LogP contribution is 2.48. The van der Waals surface area contributed by atoms with Crippen LogP contribution in [-0.2, 0) is 17.0 Å². The normalized spacial score (nSPS) is 20.5. The quantitative estimate of drug-likeness (QED) is 0.405. The lowest BCUT2D eigenvalue weighted by atomic mass is 9.80. The van der Waals surface area contributed by atoms with Gasteiger partial charge in [-0.15, -0.1) is 0 Å². The Labute approximate surface area is 224 Å². The van der Waals surface area contributed by atoms with Crippen molar-refractivity contribution < 1.29 is 28.9 Å². The summed E-state index contributed by atoms with van der Waals surface area (Å²) in [6.07, 6.45) is 0.326. The summed E-state index contributed by atoms with van der Waals surface area (Å²) in [6, 6.07) is 19.7. The fraction of sp³-hybridized carbons (Fsp3) is 0.194. The van der Waals surface area contributed by atoms with Crippen molar-refractivity contribution in [1.82, 2.24) is 4.98 Å². The molecule has 0 spiro atoms. The van der Waals surface area contributed by atoms with Crippen molar-refractivity contribution >= 4 is 17.4 Å². The molecular weight excluding hydrogens is 496 g/mol. The van der Waals surface area contributed by atoms with Crippen LogP contribution in [0.1, 0.15) is 32.6 Å². The lowest BCUT2D eigenvalue weighted by molar-refractivity contribution is -0.121. The molecule has 0 unspecified atom stereocenters. The highest BCUT2D eigenvalue weighted by Gasteiger charge is 2.53. The van der Waals surface area contributed by atoms with E-state index in [0.717, 1.165) is 28.1 Å². The minimum Gasteiger partial charge on any atom is -0.488 e. The first-order valence-corrected chi connectivity index (χ1v) is 12.6. The number of ketones is 1. The number of benzene rings is 3. The van der Waals surface area contributed by atoms with Crippen LogP contribution in [0.3, 0.4) is 0 Å². The Bertz CT molecular complexity index is 1700. The second-order valence-corrected chi connectivity index (χ2v) is 10.1. The molecule has 8 nitrogen and oxygen atoms in total. The number of carbonyl (C=O) groups excluding carboxylic acids is 2. The third-order valence-electron chi connectivity index (χ3n) is 7.67. The van der Waals surface area contributed by atoms with E-state index in [1.165, 1.54) is 4.90 Å². The minimum absolute atomic E-state index is 0.0589. The number of fused-ring (bicyclic) bond motifs is 5. The lowest BCUT2D eigenvalue weighted by Gasteiger charge is -2.30. The fourth-order valence-corrected chi connectivity index (χ4v) is 5.55. The van der Waals surface area contributed by atoms with E-state index >= 15 is 0 Å². The van der Waals surface area contributed by atoms with E-state index in [2.05, 4.69) is 0 Å². The second-order valence-electron chi connectivity index (χ2n) is 10.1. The number of para-hydroxylation sites is 1. The van der Waals surface area contributed by atoms with E-state index < -0.39 is 17.5 Å². The van der Waals surface area contributed by atoms with Crippen molar-refractivity contribution in [3.63, 3.8) is 0 Å².